The number of carbonyl (C=O) groups is 2. The highest BCUT2D eigenvalue weighted by Gasteiger charge is 2.33. The van der Waals surface area contributed by atoms with E-state index >= 15 is 0 Å². The fourth-order valence-electron chi connectivity index (χ4n) is 3.18. The minimum Gasteiger partial charge on any atom is -0.333 e. The Kier molecular flexibility index (Phi) is 4.50. The molecule has 0 aliphatic carbocycles. The Hall–Kier alpha value is -2.11. The third-order valence-electron chi connectivity index (χ3n) is 4.64. The molecule has 6 heteroatoms. The first-order chi connectivity index (χ1) is 11.0. The lowest BCUT2D eigenvalue weighted by molar-refractivity contribution is -0.117. The highest BCUT2D eigenvalue weighted by atomic mass is 19.1. The number of rotatable bonds is 2. The maximum Gasteiger partial charge on any atom is 0.317 e. The van der Waals surface area contributed by atoms with Crippen molar-refractivity contribution in [3.63, 3.8) is 0 Å². The van der Waals surface area contributed by atoms with Crippen LogP contribution in [0.1, 0.15) is 26.2 Å². The van der Waals surface area contributed by atoms with E-state index in [1.165, 1.54) is 17.0 Å². The SMILES string of the molecule is CC1CCN(C(=O)N[C@@H]2CC(=O)N(c3cccc(F)c3)C2)CC1. The van der Waals surface area contributed by atoms with Crippen molar-refractivity contribution in [3.05, 3.63) is 30.1 Å². The number of hydrogen-bond donors (Lipinski definition) is 1. The van der Waals surface area contributed by atoms with Gasteiger partial charge < -0.3 is 15.1 Å². The van der Waals surface area contributed by atoms with Crippen molar-refractivity contribution in [1.29, 1.82) is 0 Å². The van der Waals surface area contributed by atoms with E-state index in [2.05, 4.69) is 12.2 Å². The molecule has 3 amide bonds. The monoisotopic (exact) mass is 319 g/mol. The van der Waals surface area contributed by atoms with E-state index in [4.69, 9.17) is 0 Å². The molecule has 1 aromatic carbocycles. The minimum atomic E-state index is -0.370. The van der Waals surface area contributed by atoms with Crippen LogP contribution in [0, 0.1) is 11.7 Å². The summed E-state index contributed by atoms with van der Waals surface area (Å²) in [6.07, 6.45) is 2.30. The number of nitrogens with zero attached hydrogens (tertiary/aromatic N) is 2. The molecule has 2 aliphatic heterocycles. The van der Waals surface area contributed by atoms with E-state index < -0.39 is 0 Å². The molecule has 2 aliphatic rings. The van der Waals surface area contributed by atoms with Crippen LogP contribution in [0.4, 0.5) is 14.9 Å². The summed E-state index contributed by atoms with van der Waals surface area (Å²) in [4.78, 5) is 27.8. The fourth-order valence-corrected chi connectivity index (χ4v) is 3.18. The van der Waals surface area contributed by atoms with Gasteiger partial charge >= 0.3 is 6.03 Å². The highest BCUT2D eigenvalue weighted by molar-refractivity contribution is 5.96. The average molecular weight is 319 g/mol. The first-order valence-electron chi connectivity index (χ1n) is 8.14. The van der Waals surface area contributed by atoms with Gasteiger partial charge in [-0.05, 0) is 37.0 Å². The van der Waals surface area contributed by atoms with Gasteiger partial charge in [0.15, 0.2) is 0 Å². The number of likely N-dealkylation sites (tertiary alicyclic amines) is 1. The molecule has 0 bridgehead atoms. The molecule has 1 N–H and O–H groups in total. The van der Waals surface area contributed by atoms with Gasteiger partial charge in [0.1, 0.15) is 5.82 Å². The first kappa shape index (κ1) is 15.8. The zero-order valence-electron chi connectivity index (χ0n) is 13.3. The average Bonchev–Trinajstić information content (AvgIpc) is 2.88. The minimum absolute atomic E-state index is 0.0897. The molecule has 2 fully saturated rings. The van der Waals surface area contributed by atoms with Crippen molar-refractivity contribution in [2.75, 3.05) is 24.5 Å². The Morgan fingerprint density at radius 2 is 2.04 bits per heavy atom. The third kappa shape index (κ3) is 3.63. The molecular weight excluding hydrogens is 297 g/mol. The molecular formula is C17H22FN3O2. The number of urea groups is 1. The van der Waals surface area contributed by atoms with E-state index in [9.17, 15) is 14.0 Å². The van der Waals surface area contributed by atoms with Crippen LogP contribution in [-0.2, 0) is 4.79 Å². The second-order valence-corrected chi connectivity index (χ2v) is 6.50. The van der Waals surface area contributed by atoms with Crippen LogP contribution in [0.3, 0.4) is 0 Å². The Balaban J connectivity index is 1.58. The van der Waals surface area contributed by atoms with Crippen molar-refractivity contribution in [1.82, 2.24) is 10.2 Å². The molecule has 124 valence electrons. The standard InChI is InChI=1S/C17H22FN3O2/c1-12-5-7-20(8-6-12)17(23)19-14-10-16(22)21(11-14)15-4-2-3-13(18)9-15/h2-4,9,12,14H,5-8,10-11H2,1H3,(H,19,23)/t14-/m1/s1. The lowest BCUT2D eigenvalue weighted by Crippen LogP contribution is -2.48. The van der Waals surface area contributed by atoms with Crippen LogP contribution in [0.15, 0.2) is 24.3 Å². The molecule has 0 radical (unpaired) electrons. The van der Waals surface area contributed by atoms with Crippen molar-refractivity contribution in [3.8, 4) is 0 Å². The fraction of sp³-hybridized carbons (Fsp3) is 0.529. The summed E-state index contributed by atoms with van der Waals surface area (Å²) in [6.45, 7) is 4.11. The molecule has 2 saturated heterocycles. The maximum absolute atomic E-state index is 13.3. The van der Waals surface area contributed by atoms with E-state index in [1.807, 2.05) is 4.90 Å². The Morgan fingerprint density at radius 3 is 2.74 bits per heavy atom. The predicted molar refractivity (Wildman–Crippen MR) is 85.7 cm³/mol. The zero-order chi connectivity index (χ0) is 16.4. The van der Waals surface area contributed by atoms with Gasteiger partial charge in [0.25, 0.3) is 0 Å². The van der Waals surface area contributed by atoms with Crippen molar-refractivity contribution >= 4 is 17.6 Å². The molecule has 0 spiro atoms. The van der Waals surface area contributed by atoms with Crippen LogP contribution in [0.2, 0.25) is 0 Å². The van der Waals surface area contributed by atoms with Gasteiger partial charge in [-0.3, -0.25) is 4.79 Å². The largest absolute Gasteiger partial charge is 0.333 e. The van der Waals surface area contributed by atoms with Crippen LogP contribution in [0.25, 0.3) is 0 Å². The van der Waals surface area contributed by atoms with Crippen LogP contribution in [0.5, 0.6) is 0 Å². The summed E-state index contributed by atoms with van der Waals surface area (Å²) < 4.78 is 13.3. The predicted octanol–water partition coefficient (Wildman–Crippen LogP) is 2.37. The number of benzene rings is 1. The second kappa shape index (κ2) is 6.56. The summed E-state index contributed by atoms with van der Waals surface area (Å²) in [5, 5.41) is 2.94. The molecule has 2 heterocycles. The number of piperidine rings is 1. The van der Waals surface area contributed by atoms with Gasteiger partial charge in [0.2, 0.25) is 5.91 Å². The molecule has 1 aromatic rings. The molecule has 1 atom stereocenters. The number of nitrogens with one attached hydrogen (secondary N) is 1. The van der Waals surface area contributed by atoms with Crippen LogP contribution in [-0.4, -0.2) is 42.5 Å². The zero-order valence-corrected chi connectivity index (χ0v) is 13.3. The molecule has 3 rings (SSSR count). The summed E-state index contributed by atoms with van der Waals surface area (Å²) >= 11 is 0. The quantitative estimate of drug-likeness (QED) is 0.910. The van der Waals surface area contributed by atoms with Gasteiger partial charge in [-0.1, -0.05) is 13.0 Å². The molecule has 0 aromatic heterocycles. The number of carbonyl (C=O) groups excluding carboxylic acids is 2. The summed E-state index contributed by atoms with van der Waals surface area (Å²) in [6, 6.07) is 5.65. The van der Waals surface area contributed by atoms with Gasteiger partial charge in [-0.15, -0.1) is 0 Å². The van der Waals surface area contributed by atoms with Crippen molar-refractivity contribution < 1.29 is 14.0 Å². The Morgan fingerprint density at radius 1 is 1.30 bits per heavy atom. The normalized spacial score (nSPS) is 22.5. The summed E-state index contributed by atoms with van der Waals surface area (Å²) in [5.41, 5.74) is 0.540. The van der Waals surface area contributed by atoms with Gasteiger partial charge in [0, 0.05) is 31.7 Å². The molecule has 0 saturated carbocycles. The first-order valence-corrected chi connectivity index (χ1v) is 8.14. The van der Waals surface area contributed by atoms with Gasteiger partial charge in [0.05, 0.1) is 6.04 Å². The van der Waals surface area contributed by atoms with Crippen molar-refractivity contribution in [2.45, 2.75) is 32.2 Å². The number of amides is 3. The lowest BCUT2D eigenvalue weighted by Gasteiger charge is -2.31. The highest BCUT2D eigenvalue weighted by Crippen LogP contribution is 2.23. The summed E-state index contributed by atoms with van der Waals surface area (Å²) in [5.74, 6) is 0.203. The van der Waals surface area contributed by atoms with Gasteiger partial charge in [-0.2, -0.15) is 0 Å². The van der Waals surface area contributed by atoms with Gasteiger partial charge in [-0.25, -0.2) is 9.18 Å². The van der Waals surface area contributed by atoms with E-state index in [1.54, 1.807) is 12.1 Å². The number of anilines is 1. The molecule has 5 nitrogen and oxygen atoms in total. The molecule has 0 unspecified atom stereocenters. The lowest BCUT2D eigenvalue weighted by atomic mass is 10.00. The van der Waals surface area contributed by atoms with Crippen LogP contribution >= 0.6 is 0 Å². The Labute approximate surface area is 135 Å². The maximum atomic E-state index is 13.3. The third-order valence-corrected chi connectivity index (χ3v) is 4.64. The van der Waals surface area contributed by atoms with E-state index in [0.717, 1.165) is 25.9 Å². The molecule has 23 heavy (non-hydrogen) atoms. The number of hydrogen-bond acceptors (Lipinski definition) is 2. The summed E-state index contributed by atoms with van der Waals surface area (Å²) in [7, 11) is 0. The van der Waals surface area contributed by atoms with E-state index in [0.29, 0.717) is 18.2 Å². The van der Waals surface area contributed by atoms with Crippen molar-refractivity contribution in [2.24, 2.45) is 5.92 Å². The van der Waals surface area contributed by atoms with Crippen LogP contribution < -0.4 is 10.2 Å². The van der Waals surface area contributed by atoms with E-state index in [-0.39, 0.29) is 30.2 Å². The smallest absolute Gasteiger partial charge is 0.317 e. The number of halogens is 1. The Bertz CT molecular complexity index is 599. The second-order valence-electron chi connectivity index (χ2n) is 6.50. The topological polar surface area (TPSA) is 52.7 Å².